The van der Waals surface area contributed by atoms with Gasteiger partial charge in [0.15, 0.2) is 5.11 Å². The van der Waals surface area contributed by atoms with Crippen molar-refractivity contribution in [2.24, 2.45) is 10.8 Å². The number of hydrogen-bond acceptors (Lipinski definition) is 3. The zero-order chi connectivity index (χ0) is 16.8. The van der Waals surface area contributed by atoms with Gasteiger partial charge in [0.25, 0.3) is 5.72 Å². The SMILES string of the molecule is NC(=S)N1N=C(c2cccc3ccccc23)C[C@@]1(O)C(F)(F)F. The van der Waals surface area contributed by atoms with E-state index in [9.17, 15) is 18.3 Å². The molecule has 3 N–H and O–H groups in total. The number of hydrazone groups is 1. The summed E-state index contributed by atoms with van der Waals surface area (Å²) in [6.07, 6.45) is -5.70. The molecule has 0 radical (unpaired) electrons. The summed E-state index contributed by atoms with van der Waals surface area (Å²) >= 11 is 4.61. The van der Waals surface area contributed by atoms with Crippen molar-refractivity contribution in [2.75, 3.05) is 0 Å². The van der Waals surface area contributed by atoms with Crippen LogP contribution < -0.4 is 5.73 Å². The molecule has 1 atom stereocenters. The lowest BCUT2D eigenvalue weighted by Gasteiger charge is -2.32. The van der Waals surface area contributed by atoms with E-state index in [0.717, 1.165) is 10.8 Å². The van der Waals surface area contributed by atoms with Crippen LogP contribution in [0, 0.1) is 0 Å². The van der Waals surface area contributed by atoms with Crippen LogP contribution in [-0.2, 0) is 0 Å². The van der Waals surface area contributed by atoms with Gasteiger partial charge in [-0.05, 0) is 23.0 Å². The zero-order valence-corrected chi connectivity index (χ0v) is 12.5. The Hall–Kier alpha value is -2.19. The minimum absolute atomic E-state index is 0.0782. The quantitative estimate of drug-likeness (QED) is 0.785. The molecule has 0 fully saturated rings. The Bertz CT molecular complexity index is 816. The molecule has 1 heterocycles. The molecular weight excluding hydrogens is 327 g/mol. The van der Waals surface area contributed by atoms with Crippen LogP contribution in [0.1, 0.15) is 12.0 Å². The van der Waals surface area contributed by atoms with Gasteiger partial charge in [-0.1, -0.05) is 42.5 Å². The van der Waals surface area contributed by atoms with Crippen LogP contribution in [0.2, 0.25) is 0 Å². The molecule has 0 bridgehead atoms. The Morgan fingerprint density at radius 3 is 2.48 bits per heavy atom. The fourth-order valence-electron chi connectivity index (χ4n) is 2.63. The maximum absolute atomic E-state index is 13.3. The second-order valence-electron chi connectivity index (χ2n) is 5.21. The van der Waals surface area contributed by atoms with Crippen LogP contribution in [0.3, 0.4) is 0 Å². The summed E-state index contributed by atoms with van der Waals surface area (Å²) < 4.78 is 39.8. The van der Waals surface area contributed by atoms with Gasteiger partial charge in [-0.25, -0.2) is 0 Å². The van der Waals surface area contributed by atoms with Gasteiger partial charge in [0, 0.05) is 5.56 Å². The Balaban J connectivity index is 2.14. The summed E-state index contributed by atoms with van der Waals surface area (Å²) in [5.41, 5.74) is 2.66. The van der Waals surface area contributed by atoms with E-state index >= 15 is 0 Å². The summed E-state index contributed by atoms with van der Waals surface area (Å²) in [5, 5.41) is 15.1. The molecule has 0 saturated heterocycles. The summed E-state index contributed by atoms with van der Waals surface area (Å²) in [5.74, 6) is 0. The fourth-order valence-corrected chi connectivity index (χ4v) is 2.82. The molecule has 0 saturated carbocycles. The third-order valence-electron chi connectivity index (χ3n) is 3.75. The zero-order valence-electron chi connectivity index (χ0n) is 11.7. The molecule has 0 unspecified atom stereocenters. The number of thiocarbonyl (C=S) groups is 1. The molecule has 1 aliphatic rings. The lowest BCUT2D eigenvalue weighted by Crippen LogP contribution is -2.57. The Morgan fingerprint density at radius 1 is 1.22 bits per heavy atom. The highest BCUT2D eigenvalue weighted by Crippen LogP contribution is 2.41. The maximum Gasteiger partial charge on any atom is 0.438 e. The molecule has 3 rings (SSSR count). The molecule has 23 heavy (non-hydrogen) atoms. The van der Waals surface area contributed by atoms with Crippen molar-refractivity contribution < 1.29 is 18.3 Å². The average Bonchev–Trinajstić information content (AvgIpc) is 2.86. The van der Waals surface area contributed by atoms with Crippen LogP contribution in [-0.4, -0.2) is 32.8 Å². The Labute approximate surface area is 135 Å². The number of fused-ring (bicyclic) bond motifs is 1. The van der Waals surface area contributed by atoms with E-state index in [-0.39, 0.29) is 10.7 Å². The van der Waals surface area contributed by atoms with Crippen molar-refractivity contribution in [1.29, 1.82) is 0 Å². The molecule has 0 spiro atoms. The van der Waals surface area contributed by atoms with Crippen molar-refractivity contribution in [3.63, 3.8) is 0 Å². The highest BCUT2D eigenvalue weighted by molar-refractivity contribution is 7.80. The monoisotopic (exact) mass is 339 g/mol. The van der Waals surface area contributed by atoms with Crippen LogP contribution in [0.4, 0.5) is 13.2 Å². The molecule has 0 amide bonds. The van der Waals surface area contributed by atoms with E-state index in [2.05, 4.69) is 17.3 Å². The third-order valence-corrected chi connectivity index (χ3v) is 3.92. The van der Waals surface area contributed by atoms with Gasteiger partial charge >= 0.3 is 6.18 Å². The Kier molecular flexibility index (Phi) is 3.53. The van der Waals surface area contributed by atoms with E-state index in [1.54, 1.807) is 24.3 Å². The number of nitrogens with two attached hydrogens (primary N) is 1. The molecule has 120 valence electrons. The smallest absolute Gasteiger partial charge is 0.375 e. The number of halogens is 3. The second-order valence-corrected chi connectivity index (χ2v) is 5.63. The summed E-state index contributed by atoms with van der Waals surface area (Å²) in [7, 11) is 0. The molecule has 2 aromatic carbocycles. The lowest BCUT2D eigenvalue weighted by molar-refractivity contribution is -0.294. The molecule has 1 aliphatic heterocycles. The number of aliphatic hydroxyl groups is 1. The van der Waals surface area contributed by atoms with Gasteiger partial charge in [-0.15, -0.1) is 0 Å². The molecule has 8 heteroatoms. The van der Waals surface area contributed by atoms with E-state index in [0.29, 0.717) is 5.56 Å². The van der Waals surface area contributed by atoms with Crippen molar-refractivity contribution >= 4 is 33.8 Å². The van der Waals surface area contributed by atoms with Crippen LogP contribution in [0.5, 0.6) is 0 Å². The van der Waals surface area contributed by atoms with E-state index in [1.807, 2.05) is 18.2 Å². The lowest BCUT2D eigenvalue weighted by atomic mass is 9.96. The highest BCUT2D eigenvalue weighted by atomic mass is 32.1. The number of rotatable bonds is 1. The van der Waals surface area contributed by atoms with Crippen molar-refractivity contribution in [1.82, 2.24) is 5.01 Å². The van der Waals surface area contributed by atoms with Gasteiger partial charge in [0.05, 0.1) is 12.1 Å². The van der Waals surface area contributed by atoms with E-state index in [4.69, 9.17) is 5.73 Å². The van der Waals surface area contributed by atoms with Crippen molar-refractivity contribution in [3.05, 3.63) is 48.0 Å². The molecule has 0 aromatic heterocycles. The maximum atomic E-state index is 13.3. The van der Waals surface area contributed by atoms with Crippen LogP contribution >= 0.6 is 12.2 Å². The predicted molar refractivity (Wildman–Crippen MR) is 84.7 cm³/mol. The highest BCUT2D eigenvalue weighted by Gasteiger charge is 2.62. The predicted octanol–water partition coefficient (Wildman–Crippen LogP) is 2.74. The first-order chi connectivity index (χ1) is 10.7. The van der Waals surface area contributed by atoms with E-state index in [1.165, 1.54) is 0 Å². The molecule has 0 aliphatic carbocycles. The molecule has 4 nitrogen and oxygen atoms in total. The standard InChI is InChI=1S/C15H12F3N3OS/c16-15(17,18)14(22)8-12(20-21(14)13(19)23)11-7-3-5-9-4-1-2-6-10(9)11/h1-7,22H,8H2,(H2,19,23)/t14-/m1/s1. The normalized spacial score (nSPS) is 21.6. The van der Waals surface area contributed by atoms with Gasteiger partial charge in [-0.2, -0.15) is 23.3 Å². The number of nitrogens with zero attached hydrogens (tertiary/aromatic N) is 2. The first-order valence-corrected chi connectivity index (χ1v) is 7.09. The third kappa shape index (κ3) is 2.43. The van der Waals surface area contributed by atoms with E-state index < -0.39 is 23.4 Å². The van der Waals surface area contributed by atoms with Crippen molar-refractivity contribution in [3.8, 4) is 0 Å². The minimum atomic E-state index is -4.95. The van der Waals surface area contributed by atoms with Crippen LogP contribution in [0.15, 0.2) is 47.6 Å². The fraction of sp³-hybridized carbons (Fsp3) is 0.200. The first-order valence-electron chi connectivity index (χ1n) is 6.68. The van der Waals surface area contributed by atoms with Gasteiger partial charge in [0.1, 0.15) is 0 Å². The molecule has 2 aromatic rings. The van der Waals surface area contributed by atoms with Crippen LogP contribution in [0.25, 0.3) is 10.8 Å². The second kappa shape index (κ2) is 5.17. The van der Waals surface area contributed by atoms with Gasteiger partial charge in [0.2, 0.25) is 0 Å². The largest absolute Gasteiger partial charge is 0.438 e. The minimum Gasteiger partial charge on any atom is -0.375 e. The summed E-state index contributed by atoms with van der Waals surface area (Å²) in [4.78, 5) is 0. The number of hydrogen-bond donors (Lipinski definition) is 2. The number of benzene rings is 2. The summed E-state index contributed by atoms with van der Waals surface area (Å²) in [6.45, 7) is 0. The Morgan fingerprint density at radius 2 is 1.87 bits per heavy atom. The number of alkyl halides is 3. The molecular formula is C15H12F3N3OS. The van der Waals surface area contributed by atoms with Gasteiger partial charge < -0.3 is 10.8 Å². The first kappa shape index (κ1) is 15.7. The average molecular weight is 339 g/mol. The topological polar surface area (TPSA) is 61.8 Å². The summed E-state index contributed by atoms with van der Waals surface area (Å²) in [6, 6.07) is 12.4. The van der Waals surface area contributed by atoms with Gasteiger partial charge in [-0.3, -0.25) is 0 Å². The van der Waals surface area contributed by atoms with Crippen molar-refractivity contribution in [2.45, 2.75) is 18.3 Å².